The Morgan fingerprint density at radius 2 is 2.30 bits per heavy atom. The molecule has 0 bridgehead atoms. The Morgan fingerprint density at radius 1 is 1.60 bits per heavy atom. The number of allylic oxidation sites excluding steroid dienone is 2. The normalized spacial score (nSPS) is 13.3. The Balaban J connectivity index is 3.29. The van der Waals surface area contributed by atoms with E-state index in [0.29, 0.717) is 0 Å². The van der Waals surface area contributed by atoms with Crippen LogP contribution >= 0.6 is 0 Å². The standard InChI is InChI=1S/C9H15N/c1-3-4-5-6-7-9(2)8-10/h6-7,9H,3-5H2,1-2H3/b7-6+. The van der Waals surface area contributed by atoms with Crippen molar-refractivity contribution in [2.24, 2.45) is 5.92 Å². The van der Waals surface area contributed by atoms with E-state index in [0.717, 1.165) is 6.42 Å². The van der Waals surface area contributed by atoms with Gasteiger partial charge in [0.05, 0.1) is 12.0 Å². The lowest BCUT2D eigenvalue weighted by molar-refractivity contribution is 0.807. The Labute approximate surface area is 63.4 Å². The highest BCUT2D eigenvalue weighted by Gasteiger charge is 1.88. The third-order valence-corrected chi connectivity index (χ3v) is 1.35. The molecular weight excluding hydrogens is 122 g/mol. The molecule has 0 rings (SSSR count). The third kappa shape index (κ3) is 5.37. The number of hydrogen-bond acceptors (Lipinski definition) is 1. The lowest BCUT2D eigenvalue weighted by Crippen LogP contribution is -1.80. The zero-order chi connectivity index (χ0) is 7.82. The van der Waals surface area contributed by atoms with Crippen LogP contribution in [0, 0.1) is 17.2 Å². The summed E-state index contributed by atoms with van der Waals surface area (Å²) in [5, 5.41) is 8.39. The van der Waals surface area contributed by atoms with Crippen molar-refractivity contribution in [3.8, 4) is 6.07 Å². The minimum Gasteiger partial charge on any atom is -0.198 e. The van der Waals surface area contributed by atoms with Crippen LogP contribution in [0.3, 0.4) is 0 Å². The molecule has 0 aliphatic heterocycles. The molecule has 1 unspecified atom stereocenters. The summed E-state index contributed by atoms with van der Waals surface area (Å²) in [6.45, 7) is 4.07. The number of unbranched alkanes of at least 4 members (excludes halogenated alkanes) is 2. The molecule has 0 aromatic heterocycles. The first-order chi connectivity index (χ1) is 4.81. The smallest absolute Gasteiger partial charge is 0.0694 e. The Kier molecular flexibility index (Phi) is 5.86. The summed E-state index contributed by atoms with van der Waals surface area (Å²) in [7, 11) is 0. The fourth-order valence-electron chi connectivity index (χ4n) is 0.665. The molecule has 10 heavy (non-hydrogen) atoms. The van der Waals surface area contributed by atoms with Crippen molar-refractivity contribution >= 4 is 0 Å². The predicted octanol–water partition coefficient (Wildman–Crippen LogP) is 2.89. The largest absolute Gasteiger partial charge is 0.198 e. The summed E-state index contributed by atoms with van der Waals surface area (Å²) >= 11 is 0. The Bertz CT molecular complexity index is 130. The van der Waals surface area contributed by atoms with E-state index < -0.39 is 0 Å². The predicted molar refractivity (Wildman–Crippen MR) is 43.4 cm³/mol. The van der Waals surface area contributed by atoms with Crippen molar-refractivity contribution in [1.82, 2.24) is 0 Å². The van der Waals surface area contributed by atoms with Gasteiger partial charge in [0, 0.05) is 0 Å². The zero-order valence-electron chi connectivity index (χ0n) is 6.80. The molecule has 0 amide bonds. The zero-order valence-corrected chi connectivity index (χ0v) is 6.80. The molecule has 1 heteroatoms. The third-order valence-electron chi connectivity index (χ3n) is 1.35. The second kappa shape index (κ2) is 6.35. The number of nitrogens with zero attached hydrogens (tertiary/aromatic N) is 1. The molecule has 0 spiro atoms. The van der Waals surface area contributed by atoms with Gasteiger partial charge >= 0.3 is 0 Å². The van der Waals surface area contributed by atoms with Crippen molar-refractivity contribution in [1.29, 1.82) is 5.26 Å². The average Bonchev–Trinajstić information content (AvgIpc) is 1.98. The van der Waals surface area contributed by atoms with Gasteiger partial charge in [0.15, 0.2) is 0 Å². The lowest BCUT2D eigenvalue weighted by atomic mass is 10.1. The Hall–Kier alpha value is -0.770. The summed E-state index contributed by atoms with van der Waals surface area (Å²) in [5.41, 5.74) is 0. The van der Waals surface area contributed by atoms with E-state index in [1.165, 1.54) is 12.8 Å². The lowest BCUT2D eigenvalue weighted by Gasteiger charge is -1.90. The van der Waals surface area contributed by atoms with E-state index in [1.54, 1.807) is 0 Å². The Morgan fingerprint density at radius 3 is 2.80 bits per heavy atom. The molecule has 0 radical (unpaired) electrons. The van der Waals surface area contributed by atoms with Crippen LogP contribution in [0.2, 0.25) is 0 Å². The second-order valence-electron chi connectivity index (χ2n) is 2.49. The van der Waals surface area contributed by atoms with Crippen molar-refractivity contribution in [3.05, 3.63) is 12.2 Å². The maximum atomic E-state index is 8.39. The fourth-order valence-corrected chi connectivity index (χ4v) is 0.665. The summed E-state index contributed by atoms with van der Waals surface area (Å²) in [6, 6.07) is 2.16. The second-order valence-corrected chi connectivity index (χ2v) is 2.49. The van der Waals surface area contributed by atoms with E-state index in [4.69, 9.17) is 5.26 Å². The molecule has 0 saturated carbocycles. The molecule has 0 N–H and O–H groups in total. The quantitative estimate of drug-likeness (QED) is 0.431. The van der Waals surface area contributed by atoms with Crippen LogP contribution in [0.4, 0.5) is 0 Å². The minimum absolute atomic E-state index is 0.0804. The van der Waals surface area contributed by atoms with Gasteiger partial charge in [-0.1, -0.05) is 31.9 Å². The van der Waals surface area contributed by atoms with E-state index in [2.05, 4.69) is 19.1 Å². The van der Waals surface area contributed by atoms with Crippen molar-refractivity contribution in [2.75, 3.05) is 0 Å². The highest BCUT2D eigenvalue weighted by atomic mass is 14.2. The summed E-state index contributed by atoms with van der Waals surface area (Å²) in [5.74, 6) is 0.0804. The highest BCUT2D eigenvalue weighted by molar-refractivity contribution is 4.97. The first-order valence-electron chi connectivity index (χ1n) is 3.87. The average molecular weight is 137 g/mol. The first-order valence-corrected chi connectivity index (χ1v) is 3.87. The number of hydrogen-bond donors (Lipinski definition) is 0. The van der Waals surface area contributed by atoms with Crippen molar-refractivity contribution < 1.29 is 0 Å². The summed E-state index contributed by atoms with van der Waals surface area (Å²) in [6.07, 6.45) is 7.63. The molecule has 56 valence electrons. The van der Waals surface area contributed by atoms with Crippen LogP contribution in [-0.2, 0) is 0 Å². The maximum absolute atomic E-state index is 8.39. The van der Waals surface area contributed by atoms with E-state index >= 15 is 0 Å². The first kappa shape index (κ1) is 9.23. The van der Waals surface area contributed by atoms with Crippen LogP contribution in [0.5, 0.6) is 0 Å². The molecule has 0 aliphatic carbocycles. The van der Waals surface area contributed by atoms with Gasteiger partial charge in [-0.25, -0.2) is 0 Å². The number of rotatable bonds is 4. The fraction of sp³-hybridized carbons (Fsp3) is 0.667. The van der Waals surface area contributed by atoms with Gasteiger partial charge in [-0.3, -0.25) is 0 Å². The molecule has 1 nitrogen and oxygen atoms in total. The molecule has 0 heterocycles. The number of nitriles is 1. The molecule has 0 aromatic rings. The van der Waals surface area contributed by atoms with Crippen LogP contribution in [0.1, 0.15) is 33.1 Å². The molecule has 0 aromatic carbocycles. The van der Waals surface area contributed by atoms with E-state index in [-0.39, 0.29) is 5.92 Å². The van der Waals surface area contributed by atoms with Crippen LogP contribution < -0.4 is 0 Å². The minimum atomic E-state index is 0.0804. The molecule has 0 fully saturated rings. The van der Waals surface area contributed by atoms with Gasteiger partial charge in [0.1, 0.15) is 0 Å². The van der Waals surface area contributed by atoms with Crippen molar-refractivity contribution in [3.63, 3.8) is 0 Å². The molecular formula is C9H15N. The van der Waals surface area contributed by atoms with Crippen molar-refractivity contribution in [2.45, 2.75) is 33.1 Å². The van der Waals surface area contributed by atoms with Crippen LogP contribution in [0.15, 0.2) is 12.2 Å². The highest BCUT2D eigenvalue weighted by Crippen LogP contribution is 1.99. The molecule has 0 aliphatic rings. The molecule has 0 saturated heterocycles. The van der Waals surface area contributed by atoms with Gasteiger partial charge in [-0.2, -0.15) is 5.26 Å². The van der Waals surface area contributed by atoms with Gasteiger partial charge in [-0.15, -0.1) is 0 Å². The summed E-state index contributed by atoms with van der Waals surface area (Å²) in [4.78, 5) is 0. The van der Waals surface area contributed by atoms with Gasteiger partial charge in [0.25, 0.3) is 0 Å². The van der Waals surface area contributed by atoms with Gasteiger partial charge in [-0.05, 0) is 13.3 Å². The van der Waals surface area contributed by atoms with Crippen LogP contribution in [0.25, 0.3) is 0 Å². The van der Waals surface area contributed by atoms with Gasteiger partial charge in [0.2, 0.25) is 0 Å². The van der Waals surface area contributed by atoms with E-state index in [9.17, 15) is 0 Å². The van der Waals surface area contributed by atoms with Gasteiger partial charge < -0.3 is 0 Å². The van der Waals surface area contributed by atoms with Crippen LogP contribution in [-0.4, -0.2) is 0 Å². The maximum Gasteiger partial charge on any atom is 0.0694 e. The van der Waals surface area contributed by atoms with E-state index in [1.807, 2.05) is 13.0 Å². The summed E-state index contributed by atoms with van der Waals surface area (Å²) < 4.78 is 0. The monoisotopic (exact) mass is 137 g/mol. The SMILES string of the molecule is CCCC/C=C/C(C)C#N. The molecule has 1 atom stereocenters. The topological polar surface area (TPSA) is 23.8 Å².